The predicted molar refractivity (Wildman–Crippen MR) is 80.0 cm³/mol. The number of benzene rings is 1. The summed E-state index contributed by atoms with van der Waals surface area (Å²) in [6.45, 7) is 0. The fraction of sp³-hybridized carbons (Fsp3) is 0.167. The molecule has 1 aliphatic carbocycles. The van der Waals surface area contributed by atoms with Crippen molar-refractivity contribution in [2.75, 3.05) is 0 Å². The number of furan rings is 1. The molecule has 0 radical (unpaired) electrons. The molecule has 2 aromatic rings. The van der Waals surface area contributed by atoms with E-state index >= 15 is 0 Å². The van der Waals surface area contributed by atoms with E-state index in [4.69, 9.17) is 4.42 Å². The number of rotatable bonds is 2. The third-order valence-electron chi connectivity index (χ3n) is 3.48. The van der Waals surface area contributed by atoms with E-state index in [0.717, 1.165) is 41.7 Å². The fourth-order valence-electron chi connectivity index (χ4n) is 2.47. The summed E-state index contributed by atoms with van der Waals surface area (Å²) in [5.74, 6) is 0.894. The van der Waals surface area contributed by atoms with Crippen LogP contribution in [0.4, 0.5) is 0 Å². The van der Waals surface area contributed by atoms with Crippen LogP contribution in [0.5, 0.6) is 0 Å². The second-order valence-electron chi connectivity index (χ2n) is 4.95. The molecular weight excluding hydrogens is 248 g/mol. The molecule has 0 N–H and O–H groups in total. The average Bonchev–Trinajstić information content (AvgIpc) is 2.97. The van der Waals surface area contributed by atoms with Crippen molar-refractivity contribution >= 4 is 17.9 Å². The Morgan fingerprint density at radius 3 is 2.35 bits per heavy atom. The first-order valence-corrected chi connectivity index (χ1v) is 6.87. The van der Waals surface area contributed by atoms with Gasteiger partial charge in [-0.25, -0.2) is 0 Å². The van der Waals surface area contributed by atoms with Gasteiger partial charge in [-0.15, -0.1) is 0 Å². The molecular formula is C18H16O2. The highest BCUT2D eigenvalue weighted by Crippen LogP contribution is 2.28. The van der Waals surface area contributed by atoms with Crippen LogP contribution in [-0.4, -0.2) is 5.78 Å². The summed E-state index contributed by atoms with van der Waals surface area (Å²) < 4.78 is 5.29. The third-order valence-corrected chi connectivity index (χ3v) is 3.48. The average molecular weight is 264 g/mol. The summed E-state index contributed by atoms with van der Waals surface area (Å²) in [7, 11) is 0. The molecule has 0 bridgehead atoms. The Bertz CT molecular complexity index is 646. The molecule has 2 heteroatoms. The Labute approximate surface area is 118 Å². The van der Waals surface area contributed by atoms with Crippen molar-refractivity contribution in [2.24, 2.45) is 0 Å². The zero-order valence-corrected chi connectivity index (χ0v) is 11.2. The molecule has 1 aliphatic rings. The molecule has 2 nitrogen and oxygen atoms in total. The van der Waals surface area contributed by atoms with Gasteiger partial charge in [-0.2, -0.15) is 0 Å². The van der Waals surface area contributed by atoms with Gasteiger partial charge in [0.25, 0.3) is 0 Å². The number of hydrogen-bond donors (Lipinski definition) is 0. The van der Waals surface area contributed by atoms with Crippen LogP contribution in [0.25, 0.3) is 12.2 Å². The summed E-state index contributed by atoms with van der Waals surface area (Å²) >= 11 is 0. The molecule has 1 aromatic carbocycles. The van der Waals surface area contributed by atoms with Crippen molar-refractivity contribution in [1.29, 1.82) is 0 Å². The molecule has 0 aliphatic heterocycles. The molecule has 1 aromatic heterocycles. The zero-order valence-electron chi connectivity index (χ0n) is 11.2. The Kier molecular flexibility index (Phi) is 3.64. The number of allylic oxidation sites excluding steroid dienone is 2. The first-order chi connectivity index (χ1) is 9.83. The summed E-state index contributed by atoms with van der Waals surface area (Å²) in [5, 5.41) is 0. The minimum absolute atomic E-state index is 0.150. The molecule has 3 rings (SSSR count). The van der Waals surface area contributed by atoms with E-state index in [1.165, 1.54) is 0 Å². The first-order valence-electron chi connectivity index (χ1n) is 6.87. The normalized spacial score (nSPS) is 19.7. The van der Waals surface area contributed by atoms with E-state index in [2.05, 4.69) is 0 Å². The van der Waals surface area contributed by atoms with Crippen molar-refractivity contribution in [3.8, 4) is 0 Å². The quantitative estimate of drug-likeness (QED) is 0.747. The molecule has 0 unspecified atom stereocenters. The monoisotopic (exact) mass is 264 g/mol. The smallest absolute Gasteiger partial charge is 0.185 e. The lowest BCUT2D eigenvalue weighted by atomic mass is 9.87. The maximum atomic E-state index is 12.5. The summed E-state index contributed by atoms with van der Waals surface area (Å²) in [6.07, 6.45) is 8.17. The lowest BCUT2D eigenvalue weighted by Gasteiger charge is -2.16. The van der Waals surface area contributed by atoms with Crippen LogP contribution >= 0.6 is 0 Å². The van der Waals surface area contributed by atoms with Gasteiger partial charge in [0.2, 0.25) is 0 Å². The van der Waals surface area contributed by atoms with Gasteiger partial charge >= 0.3 is 0 Å². The topological polar surface area (TPSA) is 30.2 Å². The van der Waals surface area contributed by atoms with Crippen molar-refractivity contribution in [1.82, 2.24) is 0 Å². The van der Waals surface area contributed by atoms with Crippen molar-refractivity contribution in [3.05, 3.63) is 71.2 Å². The number of Topliss-reactive ketones (excluding diaryl/α,β-unsaturated/α-hetero) is 1. The maximum Gasteiger partial charge on any atom is 0.185 e. The summed E-state index contributed by atoms with van der Waals surface area (Å²) in [6, 6.07) is 13.7. The molecule has 0 amide bonds. The summed E-state index contributed by atoms with van der Waals surface area (Å²) in [5.41, 5.74) is 2.81. The van der Waals surface area contributed by atoms with Gasteiger partial charge in [-0.05, 0) is 49.1 Å². The highest BCUT2D eigenvalue weighted by Gasteiger charge is 2.20. The van der Waals surface area contributed by atoms with Gasteiger partial charge in [0.05, 0.1) is 6.26 Å². The lowest BCUT2D eigenvalue weighted by molar-refractivity contribution is -0.112. The Morgan fingerprint density at radius 2 is 1.65 bits per heavy atom. The van der Waals surface area contributed by atoms with Crippen LogP contribution in [0, 0.1) is 0 Å². The van der Waals surface area contributed by atoms with Gasteiger partial charge in [-0.3, -0.25) is 4.79 Å². The van der Waals surface area contributed by atoms with Crippen molar-refractivity contribution in [2.45, 2.75) is 19.3 Å². The van der Waals surface area contributed by atoms with Crippen LogP contribution in [0.2, 0.25) is 0 Å². The number of carbonyl (C=O) groups is 1. The van der Waals surface area contributed by atoms with Gasteiger partial charge < -0.3 is 4.42 Å². The molecule has 20 heavy (non-hydrogen) atoms. The van der Waals surface area contributed by atoms with E-state index in [9.17, 15) is 4.79 Å². The lowest BCUT2D eigenvalue weighted by Crippen LogP contribution is -2.12. The van der Waals surface area contributed by atoms with E-state index in [1.54, 1.807) is 6.26 Å². The van der Waals surface area contributed by atoms with Crippen LogP contribution in [0.3, 0.4) is 0 Å². The minimum atomic E-state index is 0.150. The van der Waals surface area contributed by atoms with Crippen LogP contribution in [-0.2, 0) is 4.79 Å². The highest BCUT2D eigenvalue weighted by atomic mass is 16.3. The molecule has 1 heterocycles. The van der Waals surface area contributed by atoms with Gasteiger partial charge in [-0.1, -0.05) is 30.3 Å². The summed E-state index contributed by atoms with van der Waals surface area (Å²) in [4.78, 5) is 12.5. The fourth-order valence-corrected chi connectivity index (χ4v) is 2.47. The number of ketones is 1. The van der Waals surface area contributed by atoms with E-state index in [1.807, 2.05) is 54.6 Å². The Balaban J connectivity index is 1.88. The molecule has 100 valence electrons. The van der Waals surface area contributed by atoms with Gasteiger partial charge in [0.15, 0.2) is 5.78 Å². The standard InChI is InChI=1S/C18H16O2/c19-18-15(12-14-6-2-1-3-7-14)8-4-9-16(18)13-17-10-5-11-20-17/h1-3,5-7,10-13H,4,8-9H2/b15-12+,16-13+. The number of hydrogen-bond acceptors (Lipinski definition) is 2. The Hall–Kier alpha value is -2.35. The van der Waals surface area contributed by atoms with E-state index in [-0.39, 0.29) is 5.78 Å². The van der Waals surface area contributed by atoms with Crippen LogP contribution < -0.4 is 0 Å². The molecule has 0 spiro atoms. The third kappa shape index (κ3) is 2.80. The molecule has 1 fully saturated rings. The first kappa shape index (κ1) is 12.7. The predicted octanol–water partition coefficient (Wildman–Crippen LogP) is 4.50. The van der Waals surface area contributed by atoms with Gasteiger partial charge in [0.1, 0.15) is 5.76 Å². The largest absolute Gasteiger partial charge is 0.465 e. The molecule has 0 atom stereocenters. The highest BCUT2D eigenvalue weighted by molar-refractivity contribution is 6.13. The van der Waals surface area contributed by atoms with Crippen molar-refractivity contribution < 1.29 is 9.21 Å². The molecule has 1 saturated carbocycles. The zero-order chi connectivity index (χ0) is 13.8. The second kappa shape index (κ2) is 5.74. The minimum Gasteiger partial charge on any atom is -0.465 e. The van der Waals surface area contributed by atoms with Crippen molar-refractivity contribution in [3.63, 3.8) is 0 Å². The SMILES string of the molecule is O=C1/C(=C/c2ccccc2)CCC/C1=C\c1ccco1. The van der Waals surface area contributed by atoms with Crippen LogP contribution in [0.15, 0.2) is 64.3 Å². The Morgan fingerprint density at radius 1 is 0.900 bits per heavy atom. The maximum absolute atomic E-state index is 12.5. The second-order valence-corrected chi connectivity index (χ2v) is 4.95. The van der Waals surface area contributed by atoms with Gasteiger partial charge in [0, 0.05) is 11.1 Å². The molecule has 0 saturated heterocycles. The van der Waals surface area contributed by atoms with Crippen LogP contribution in [0.1, 0.15) is 30.6 Å². The van der Waals surface area contributed by atoms with E-state index < -0.39 is 0 Å². The van der Waals surface area contributed by atoms with E-state index in [0.29, 0.717) is 0 Å². The number of carbonyl (C=O) groups excluding carboxylic acids is 1.